The van der Waals surface area contributed by atoms with Crippen LogP contribution >= 0.6 is 11.8 Å². The number of hydrogen-bond donors (Lipinski definition) is 3. The summed E-state index contributed by atoms with van der Waals surface area (Å²) in [7, 11) is 0. The molecule has 1 aliphatic rings. The molecule has 1 aromatic rings. The summed E-state index contributed by atoms with van der Waals surface area (Å²) in [4.78, 5) is 12.9. The second-order valence-corrected chi connectivity index (χ2v) is 5.91. The summed E-state index contributed by atoms with van der Waals surface area (Å²) in [6.45, 7) is 1.80. The van der Waals surface area contributed by atoms with Gasteiger partial charge in [0.05, 0.1) is 18.7 Å². The van der Waals surface area contributed by atoms with E-state index in [1.165, 1.54) is 12.1 Å². The molecule has 0 fully saturated rings. The number of fused-ring (bicyclic) bond motifs is 1. The van der Waals surface area contributed by atoms with Crippen LogP contribution in [-0.2, 0) is 0 Å². The summed E-state index contributed by atoms with van der Waals surface area (Å²) in [6.07, 6.45) is 1.43. The smallest absolute Gasteiger partial charge is 0.315 e. The first-order valence-corrected chi connectivity index (χ1v) is 7.72. The number of nitrogens with one attached hydrogen (secondary N) is 2. The number of aliphatic hydroxyl groups excluding tert-OH is 1. The molecular formula is C14H19FN2O2S. The summed E-state index contributed by atoms with van der Waals surface area (Å²) in [5, 5.41) is 14.6. The quantitative estimate of drug-likeness (QED) is 0.800. The lowest BCUT2D eigenvalue weighted by Crippen LogP contribution is -2.45. The van der Waals surface area contributed by atoms with Gasteiger partial charge in [0.15, 0.2) is 0 Å². The van der Waals surface area contributed by atoms with E-state index < -0.39 is 0 Å². The highest BCUT2D eigenvalue weighted by atomic mass is 32.2. The predicted octanol–water partition coefficient (Wildman–Crippen LogP) is 2.43. The molecule has 1 aromatic carbocycles. The molecule has 2 atom stereocenters. The van der Waals surface area contributed by atoms with Gasteiger partial charge in [0.25, 0.3) is 0 Å². The van der Waals surface area contributed by atoms with E-state index in [-0.39, 0.29) is 30.5 Å². The fraction of sp³-hybridized carbons (Fsp3) is 0.500. The van der Waals surface area contributed by atoms with Gasteiger partial charge in [0.2, 0.25) is 0 Å². The highest BCUT2D eigenvalue weighted by Gasteiger charge is 2.23. The van der Waals surface area contributed by atoms with E-state index >= 15 is 0 Å². The van der Waals surface area contributed by atoms with Crippen LogP contribution in [0.5, 0.6) is 0 Å². The molecule has 20 heavy (non-hydrogen) atoms. The molecule has 2 amide bonds. The second-order valence-electron chi connectivity index (χ2n) is 4.78. The Balaban J connectivity index is 2.04. The van der Waals surface area contributed by atoms with Crippen LogP contribution in [0, 0.1) is 5.82 Å². The molecule has 6 heteroatoms. The lowest BCUT2D eigenvalue weighted by Gasteiger charge is -2.27. The van der Waals surface area contributed by atoms with Crippen LogP contribution in [-0.4, -0.2) is 29.5 Å². The third-order valence-corrected chi connectivity index (χ3v) is 4.49. The van der Waals surface area contributed by atoms with Crippen molar-refractivity contribution in [2.75, 3.05) is 12.4 Å². The maximum absolute atomic E-state index is 13.4. The molecule has 110 valence electrons. The molecule has 0 saturated carbocycles. The van der Waals surface area contributed by atoms with Crippen molar-refractivity contribution in [1.29, 1.82) is 0 Å². The van der Waals surface area contributed by atoms with Gasteiger partial charge in [0, 0.05) is 10.6 Å². The van der Waals surface area contributed by atoms with Crippen molar-refractivity contribution in [3.63, 3.8) is 0 Å². The zero-order valence-electron chi connectivity index (χ0n) is 11.4. The average Bonchev–Trinajstić information content (AvgIpc) is 2.45. The minimum atomic E-state index is -0.321. The van der Waals surface area contributed by atoms with Crippen LogP contribution in [0.1, 0.15) is 31.4 Å². The molecule has 2 rings (SSSR count). The SMILES string of the molecule is CCC(CO)NC(=O)NC1CCSc2ccc(F)cc21. The van der Waals surface area contributed by atoms with Crippen LogP contribution in [0.4, 0.5) is 9.18 Å². The van der Waals surface area contributed by atoms with Crippen LogP contribution < -0.4 is 10.6 Å². The Labute approximate surface area is 122 Å². The summed E-state index contributed by atoms with van der Waals surface area (Å²) in [5.74, 6) is 0.598. The Bertz CT molecular complexity index is 480. The molecule has 0 bridgehead atoms. The number of urea groups is 1. The largest absolute Gasteiger partial charge is 0.394 e. The van der Waals surface area contributed by atoms with Crippen molar-refractivity contribution >= 4 is 17.8 Å². The van der Waals surface area contributed by atoms with E-state index in [9.17, 15) is 9.18 Å². The standard InChI is InChI=1S/C14H19FN2O2S/c1-2-10(8-18)16-14(19)17-12-5-6-20-13-4-3-9(15)7-11(12)13/h3-4,7,10,12,18H,2,5-6,8H2,1H3,(H2,16,17,19). The fourth-order valence-electron chi connectivity index (χ4n) is 2.18. The van der Waals surface area contributed by atoms with Crippen LogP contribution in [0.25, 0.3) is 0 Å². The van der Waals surface area contributed by atoms with Gasteiger partial charge >= 0.3 is 6.03 Å². The number of thioether (sulfide) groups is 1. The number of amides is 2. The molecule has 3 N–H and O–H groups in total. The molecular weight excluding hydrogens is 279 g/mol. The Morgan fingerprint density at radius 3 is 3.10 bits per heavy atom. The third kappa shape index (κ3) is 3.64. The van der Waals surface area contributed by atoms with E-state index in [4.69, 9.17) is 5.11 Å². The fourth-order valence-corrected chi connectivity index (χ4v) is 3.28. The van der Waals surface area contributed by atoms with Gasteiger partial charge in [-0.05, 0) is 36.6 Å². The summed E-state index contributed by atoms with van der Waals surface area (Å²) >= 11 is 1.67. The lowest BCUT2D eigenvalue weighted by molar-refractivity contribution is 0.211. The first-order chi connectivity index (χ1) is 9.63. The molecule has 0 radical (unpaired) electrons. The number of hydrogen-bond acceptors (Lipinski definition) is 3. The molecule has 0 saturated heterocycles. The maximum atomic E-state index is 13.4. The molecule has 4 nitrogen and oxygen atoms in total. The van der Waals surface area contributed by atoms with E-state index in [1.807, 2.05) is 6.92 Å². The average molecular weight is 298 g/mol. The Morgan fingerprint density at radius 2 is 2.40 bits per heavy atom. The number of rotatable bonds is 4. The molecule has 2 unspecified atom stereocenters. The summed E-state index contributed by atoms with van der Waals surface area (Å²) < 4.78 is 13.4. The monoisotopic (exact) mass is 298 g/mol. The predicted molar refractivity (Wildman–Crippen MR) is 77.3 cm³/mol. The number of halogens is 1. The number of aliphatic hydroxyl groups is 1. The van der Waals surface area contributed by atoms with Gasteiger partial charge in [-0.25, -0.2) is 9.18 Å². The van der Waals surface area contributed by atoms with Gasteiger partial charge in [-0.15, -0.1) is 11.8 Å². The minimum Gasteiger partial charge on any atom is -0.394 e. The molecule has 1 aliphatic heterocycles. The molecule has 0 aromatic heterocycles. The highest BCUT2D eigenvalue weighted by Crippen LogP contribution is 2.36. The third-order valence-electron chi connectivity index (χ3n) is 3.37. The van der Waals surface area contributed by atoms with E-state index in [1.54, 1.807) is 17.8 Å². The first-order valence-electron chi connectivity index (χ1n) is 6.74. The summed E-state index contributed by atoms with van der Waals surface area (Å²) in [5.41, 5.74) is 0.827. The van der Waals surface area contributed by atoms with Crippen molar-refractivity contribution in [3.8, 4) is 0 Å². The van der Waals surface area contributed by atoms with Gasteiger partial charge in [-0.1, -0.05) is 6.92 Å². The van der Waals surface area contributed by atoms with Crippen LogP contribution in [0.15, 0.2) is 23.1 Å². The van der Waals surface area contributed by atoms with E-state index in [0.717, 1.165) is 22.6 Å². The van der Waals surface area contributed by atoms with Gasteiger partial charge < -0.3 is 15.7 Å². The number of benzene rings is 1. The van der Waals surface area contributed by atoms with Crippen molar-refractivity contribution in [2.45, 2.75) is 36.7 Å². The topological polar surface area (TPSA) is 61.4 Å². The Morgan fingerprint density at radius 1 is 1.60 bits per heavy atom. The lowest BCUT2D eigenvalue weighted by atomic mass is 10.0. The second kappa shape index (κ2) is 6.95. The molecule has 0 spiro atoms. The first kappa shape index (κ1) is 15.1. The van der Waals surface area contributed by atoms with Gasteiger partial charge in [-0.2, -0.15) is 0 Å². The van der Waals surface area contributed by atoms with Crippen LogP contribution in [0.3, 0.4) is 0 Å². The van der Waals surface area contributed by atoms with E-state index in [0.29, 0.717) is 6.42 Å². The van der Waals surface area contributed by atoms with E-state index in [2.05, 4.69) is 10.6 Å². The minimum absolute atomic E-state index is 0.0876. The highest BCUT2D eigenvalue weighted by molar-refractivity contribution is 7.99. The zero-order valence-corrected chi connectivity index (χ0v) is 12.2. The zero-order chi connectivity index (χ0) is 14.5. The Hall–Kier alpha value is -1.27. The number of carbonyl (C=O) groups excluding carboxylic acids is 1. The van der Waals surface area contributed by atoms with Gasteiger partial charge in [0.1, 0.15) is 5.82 Å². The maximum Gasteiger partial charge on any atom is 0.315 e. The normalized spacial score (nSPS) is 19.1. The van der Waals surface area contributed by atoms with Gasteiger partial charge in [-0.3, -0.25) is 0 Å². The Kier molecular flexibility index (Phi) is 5.25. The van der Waals surface area contributed by atoms with Crippen molar-refractivity contribution in [1.82, 2.24) is 10.6 Å². The van der Waals surface area contributed by atoms with Crippen LogP contribution in [0.2, 0.25) is 0 Å². The van der Waals surface area contributed by atoms with Crippen molar-refractivity contribution in [3.05, 3.63) is 29.6 Å². The number of carbonyl (C=O) groups is 1. The van der Waals surface area contributed by atoms with Crippen molar-refractivity contribution in [2.24, 2.45) is 0 Å². The van der Waals surface area contributed by atoms with Crippen molar-refractivity contribution < 1.29 is 14.3 Å². The molecule has 0 aliphatic carbocycles. The molecule has 1 heterocycles. The summed E-state index contributed by atoms with van der Waals surface area (Å²) in [6, 6.07) is 3.92.